The summed E-state index contributed by atoms with van der Waals surface area (Å²) in [6.45, 7) is 0. The van der Waals surface area contributed by atoms with Gasteiger partial charge in [-0.15, -0.1) is 0 Å². The number of hydrogen-bond acceptors (Lipinski definition) is 5. The minimum absolute atomic E-state index is 0.119. The van der Waals surface area contributed by atoms with E-state index in [0.29, 0.717) is 27.6 Å². The summed E-state index contributed by atoms with van der Waals surface area (Å²) >= 11 is 11.9. The Balaban J connectivity index is 1.50. The van der Waals surface area contributed by atoms with Crippen molar-refractivity contribution in [2.75, 3.05) is 24.3 Å². The lowest BCUT2D eigenvalue weighted by Gasteiger charge is -2.29. The molecule has 0 atom stereocenters. The fourth-order valence-electron chi connectivity index (χ4n) is 3.14. The van der Waals surface area contributed by atoms with Gasteiger partial charge in [0.25, 0.3) is 5.91 Å². The molecule has 1 aliphatic carbocycles. The number of carbonyl (C=O) groups is 1. The molecule has 144 valence electrons. The number of rotatable bonds is 5. The number of anilines is 2. The molecule has 0 saturated heterocycles. The van der Waals surface area contributed by atoms with Crippen LogP contribution < -0.4 is 15.5 Å². The molecule has 0 aliphatic heterocycles. The molecule has 1 saturated carbocycles. The summed E-state index contributed by atoms with van der Waals surface area (Å²) in [5.74, 6) is 1.39. The highest BCUT2D eigenvalue weighted by Gasteiger charge is 2.23. The molecule has 27 heavy (non-hydrogen) atoms. The van der Waals surface area contributed by atoms with Gasteiger partial charge in [-0.25, -0.2) is 4.98 Å². The second-order valence-corrected chi connectivity index (χ2v) is 7.74. The zero-order chi connectivity index (χ0) is 19.4. The first-order valence-corrected chi connectivity index (χ1v) is 9.71. The summed E-state index contributed by atoms with van der Waals surface area (Å²) < 4.78 is 0. The predicted molar refractivity (Wildman–Crippen MR) is 110 cm³/mol. The number of carbonyl (C=O) groups excluding carboxylic acids is 1. The van der Waals surface area contributed by atoms with Crippen molar-refractivity contribution < 1.29 is 4.79 Å². The van der Waals surface area contributed by atoms with Crippen molar-refractivity contribution in [3.05, 3.63) is 46.1 Å². The third-order valence-corrected chi connectivity index (χ3v) is 5.42. The van der Waals surface area contributed by atoms with Crippen LogP contribution in [0.5, 0.6) is 0 Å². The number of amides is 1. The van der Waals surface area contributed by atoms with Gasteiger partial charge in [-0.3, -0.25) is 4.79 Å². The van der Waals surface area contributed by atoms with E-state index in [1.165, 1.54) is 0 Å². The van der Waals surface area contributed by atoms with E-state index in [9.17, 15) is 4.79 Å². The lowest BCUT2D eigenvalue weighted by molar-refractivity contribution is 0.0926. The van der Waals surface area contributed by atoms with Gasteiger partial charge in [-0.1, -0.05) is 23.2 Å². The SMILES string of the molecule is CN(C)c1ccnc(N[C@H]2CC[C@@H](NC(=O)c3ccc(Cl)c(Cl)c3)CC2)n1. The molecule has 2 N–H and O–H groups in total. The molecule has 1 heterocycles. The average molecular weight is 408 g/mol. The maximum Gasteiger partial charge on any atom is 0.251 e. The Morgan fingerprint density at radius 3 is 2.44 bits per heavy atom. The fraction of sp³-hybridized carbons (Fsp3) is 0.421. The Labute approximate surface area is 169 Å². The van der Waals surface area contributed by atoms with Crippen LogP contribution in [0, 0.1) is 0 Å². The van der Waals surface area contributed by atoms with Gasteiger partial charge >= 0.3 is 0 Å². The molecule has 1 amide bonds. The van der Waals surface area contributed by atoms with Crippen LogP contribution in [0.2, 0.25) is 10.0 Å². The summed E-state index contributed by atoms with van der Waals surface area (Å²) in [4.78, 5) is 23.1. The Morgan fingerprint density at radius 1 is 1.07 bits per heavy atom. The van der Waals surface area contributed by atoms with E-state index in [1.807, 2.05) is 25.1 Å². The van der Waals surface area contributed by atoms with Crippen LogP contribution in [-0.4, -0.2) is 42.1 Å². The quantitative estimate of drug-likeness (QED) is 0.783. The van der Waals surface area contributed by atoms with Gasteiger partial charge in [0.15, 0.2) is 0 Å². The number of hydrogen-bond donors (Lipinski definition) is 2. The van der Waals surface area contributed by atoms with Gasteiger partial charge in [-0.2, -0.15) is 4.98 Å². The van der Waals surface area contributed by atoms with E-state index in [2.05, 4.69) is 20.6 Å². The van der Waals surface area contributed by atoms with Crippen LogP contribution in [0.4, 0.5) is 11.8 Å². The van der Waals surface area contributed by atoms with Crippen molar-refractivity contribution in [2.45, 2.75) is 37.8 Å². The van der Waals surface area contributed by atoms with Crippen LogP contribution in [-0.2, 0) is 0 Å². The number of aromatic nitrogens is 2. The minimum Gasteiger partial charge on any atom is -0.363 e. The van der Waals surface area contributed by atoms with Crippen LogP contribution in [0.3, 0.4) is 0 Å². The van der Waals surface area contributed by atoms with Crippen molar-refractivity contribution in [1.29, 1.82) is 0 Å². The van der Waals surface area contributed by atoms with Crippen molar-refractivity contribution in [3.8, 4) is 0 Å². The summed E-state index contributed by atoms with van der Waals surface area (Å²) in [7, 11) is 3.90. The van der Waals surface area contributed by atoms with Gasteiger partial charge in [0, 0.05) is 37.9 Å². The molecule has 1 fully saturated rings. The topological polar surface area (TPSA) is 70.2 Å². The van der Waals surface area contributed by atoms with Crippen molar-refractivity contribution in [2.24, 2.45) is 0 Å². The summed E-state index contributed by atoms with van der Waals surface area (Å²) in [6, 6.07) is 7.26. The highest BCUT2D eigenvalue weighted by molar-refractivity contribution is 6.42. The molecule has 0 bridgehead atoms. The molecular weight excluding hydrogens is 385 g/mol. The molecule has 2 aromatic rings. The first kappa shape index (κ1) is 19.7. The maximum absolute atomic E-state index is 12.4. The molecular formula is C19H23Cl2N5O. The van der Waals surface area contributed by atoms with E-state index in [0.717, 1.165) is 31.5 Å². The molecule has 8 heteroatoms. The zero-order valence-electron chi connectivity index (χ0n) is 15.4. The lowest BCUT2D eigenvalue weighted by atomic mass is 9.91. The Bertz CT molecular complexity index is 806. The largest absolute Gasteiger partial charge is 0.363 e. The third kappa shape index (κ3) is 5.23. The molecule has 6 nitrogen and oxygen atoms in total. The lowest BCUT2D eigenvalue weighted by Crippen LogP contribution is -2.40. The van der Waals surface area contributed by atoms with E-state index in [1.54, 1.807) is 24.4 Å². The molecule has 0 spiro atoms. The van der Waals surface area contributed by atoms with Crippen molar-refractivity contribution in [1.82, 2.24) is 15.3 Å². The smallest absolute Gasteiger partial charge is 0.251 e. The van der Waals surface area contributed by atoms with Crippen LogP contribution >= 0.6 is 23.2 Å². The third-order valence-electron chi connectivity index (χ3n) is 4.68. The highest BCUT2D eigenvalue weighted by atomic mass is 35.5. The van der Waals surface area contributed by atoms with Gasteiger partial charge in [0.05, 0.1) is 10.0 Å². The number of nitrogens with one attached hydrogen (secondary N) is 2. The molecule has 1 aliphatic rings. The fourth-order valence-corrected chi connectivity index (χ4v) is 3.44. The van der Waals surface area contributed by atoms with Gasteiger partial charge in [-0.05, 0) is 49.9 Å². The average Bonchev–Trinajstić information content (AvgIpc) is 2.65. The minimum atomic E-state index is -0.119. The second-order valence-electron chi connectivity index (χ2n) is 6.93. The van der Waals surface area contributed by atoms with Crippen LogP contribution in [0.1, 0.15) is 36.0 Å². The Kier molecular flexibility index (Phi) is 6.39. The van der Waals surface area contributed by atoms with Gasteiger partial charge in [0.2, 0.25) is 5.95 Å². The molecule has 1 aromatic carbocycles. The maximum atomic E-state index is 12.4. The second kappa shape index (κ2) is 8.76. The predicted octanol–water partition coefficient (Wildman–Crippen LogP) is 4.00. The molecule has 1 aromatic heterocycles. The first-order chi connectivity index (χ1) is 12.9. The van der Waals surface area contributed by atoms with E-state index in [-0.39, 0.29) is 11.9 Å². The highest BCUT2D eigenvalue weighted by Crippen LogP contribution is 2.24. The molecule has 0 radical (unpaired) electrons. The first-order valence-electron chi connectivity index (χ1n) is 8.95. The van der Waals surface area contributed by atoms with Crippen molar-refractivity contribution in [3.63, 3.8) is 0 Å². The normalized spacial score (nSPS) is 19.4. The van der Waals surface area contributed by atoms with E-state index < -0.39 is 0 Å². The van der Waals surface area contributed by atoms with Crippen LogP contribution in [0.25, 0.3) is 0 Å². The summed E-state index contributed by atoms with van der Waals surface area (Å²) in [6.07, 6.45) is 5.45. The molecule has 0 unspecified atom stereocenters. The van der Waals surface area contributed by atoms with Gasteiger partial charge in [0.1, 0.15) is 5.82 Å². The number of halogens is 2. The Morgan fingerprint density at radius 2 is 1.78 bits per heavy atom. The van der Waals surface area contributed by atoms with Crippen molar-refractivity contribution >= 4 is 40.9 Å². The monoisotopic (exact) mass is 407 g/mol. The summed E-state index contributed by atoms with van der Waals surface area (Å²) in [5.41, 5.74) is 0.526. The summed E-state index contributed by atoms with van der Waals surface area (Å²) in [5, 5.41) is 7.32. The number of benzene rings is 1. The molecule has 3 rings (SSSR count). The number of nitrogens with zero attached hydrogens (tertiary/aromatic N) is 3. The standard InChI is InChI=1S/C19H23Cl2N5O/c1-26(2)17-9-10-22-19(25-17)24-14-6-4-13(5-7-14)23-18(27)12-3-8-15(20)16(21)11-12/h3,8-11,13-14H,4-7H2,1-2H3,(H,23,27)(H,22,24,25)/t13-,14+. The Hall–Kier alpha value is -2.05. The van der Waals surface area contributed by atoms with Crippen LogP contribution in [0.15, 0.2) is 30.5 Å². The van der Waals surface area contributed by atoms with Gasteiger partial charge < -0.3 is 15.5 Å². The van der Waals surface area contributed by atoms with E-state index >= 15 is 0 Å². The zero-order valence-corrected chi connectivity index (χ0v) is 16.9. The van der Waals surface area contributed by atoms with E-state index in [4.69, 9.17) is 23.2 Å².